The maximum absolute atomic E-state index is 12.5. The first-order valence-corrected chi connectivity index (χ1v) is 9.97. The van der Waals surface area contributed by atoms with Crippen LogP contribution in [0.25, 0.3) is 0 Å². The number of nitrogens with one attached hydrogen (secondary N) is 2. The highest BCUT2D eigenvalue weighted by Crippen LogP contribution is 2.21. The molecule has 2 N–H and O–H groups in total. The number of nitrogens with zero attached hydrogens (tertiary/aromatic N) is 1. The number of esters is 1. The van der Waals surface area contributed by atoms with Crippen LogP contribution in [0.2, 0.25) is 0 Å². The van der Waals surface area contributed by atoms with Crippen LogP contribution < -0.4 is 10.6 Å². The van der Waals surface area contributed by atoms with E-state index in [2.05, 4.69) is 15.6 Å². The number of hydrogen-bond donors (Lipinski definition) is 2. The van der Waals surface area contributed by atoms with Crippen molar-refractivity contribution in [3.05, 3.63) is 53.9 Å². The van der Waals surface area contributed by atoms with Gasteiger partial charge < -0.3 is 15.4 Å². The van der Waals surface area contributed by atoms with Crippen molar-refractivity contribution < 1.29 is 14.3 Å². The van der Waals surface area contributed by atoms with Gasteiger partial charge >= 0.3 is 5.97 Å². The third kappa shape index (κ3) is 5.55. The summed E-state index contributed by atoms with van der Waals surface area (Å²) in [5.41, 5.74) is 2.33. The lowest BCUT2D eigenvalue weighted by Crippen LogP contribution is -2.19. The molecule has 6 heteroatoms. The molecule has 28 heavy (non-hydrogen) atoms. The molecule has 6 nitrogen and oxygen atoms in total. The normalized spacial score (nSPS) is 14.8. The van der Waals surface area contributed by atoms with E-state index in [9.17, 15) is 9.59 Å². The van der Waals surface area contributed by atoms with Crippen molar-refractivity contribution in [2.75, 3.05) is 17.2 Å². The Balaban J connectivity index is 1.61. The molecule has 1 aliphatic carbocycles. The molecule has 0 saturated heterocycles. The molecule has 1 fully saturated rings. The monoisotopic (exact) mass is 381 g/mol. The van der Waals surface area contributed by atoms with Crippen LogP contribution in [-0.2, 0) is 4.74 Å². The quantitative estimate of drug-likeness (QED) is 0.562. The van der Waals surface area contributed by atoms with E-state index in [1.54, 1.807) is 43.5 Å². The number of aromatic nitrogens is 1. The molecular formula is C22H27N3O3. The number of anilines is 2. The van der Waals surface area contributed by atoms with Gasteiger partial charge in [-0.1, -0.05) is 25.7 Å². The predicted molar refractivity (Wildman–Crippen MR) is 110 cm³/mol. The Bertz CT molecular complexity index is 797. The minimum Gasteiger partial charge on any atom is -0.462 e. The molecule has 0 unspecified atom stereocenters. The van der Waals surface area contributed by atoms with Crippen LogP contribution in [0.4, 0.5) is 11.4 Å². The average molecular weight is 381 g/mol. The van der Waals surface area contributed by atoms with E-state index in [0.29, 0.717) is 29.6 Å². The van der Waals surface area contributed by atoms with Crippen LogP contribution in [0, 0.1) is 0 Å². The molecular weight excluding hydrogens is 354 g/mol. The average Bonchev–Trinajstić information content (AvgIpc) is 2.97. The second-order valence-corrected chi connectivity index (χ2v) is 7.01. The first kappa shape index (κ1) is 19.9. The van der Waals surface area contributed by atoms with Crippen molar-refractivity contribution in [2.24, 2.45) is 0 Å². The molecule has 0 aliphatic heterocycles. The number of carbonyl (C=O) groups is 2. The van der Waals surface area contributed by atoms with Gasteiger partial charge in [-0.05, 0) is 56.2 Å². The molecule has 3 rings (SSSR count). The number of pyridine rings is 1. The number of carbonyl (C=O) groups excluding carboxylic acids is 2. The van der Waals surface area contributed by atoms with Gasteiger partial charge in [0.2, 0.25) is 0 Å². The zero-order valence-corrected chi connectivity index (χ0v) is 16.2. The summed E-state index contributed by atoms with van der Waals surface area (Å²) >= 11 is 0. The summed E-state index contributed by atoms with van der Waals surface area (Å²) in [5.74, 6) is -0.660. The lowest BCUT2D eigenvalue weighted by Gasteiger charge is -2.18. The van der Waals surface area contributed by atoms with Crippen LogP contribution in [-0.4, -0.2) is 29.5 Å². The fourth-order valence-corrected chi connectivity index (χ4v) is 3.40. The van der Waals surface area contributed by atoms with E-state index in [1.165, 1.54) is 25.7 Å². The molecule has 0 spiro atoms. The number of hydrogen-bond acceptors (Lipinski definition) is 5. The molecule has 2 aromatic rings. The van der Waals surface area contributed by atoms with Crippen molar-refractivity contribution in [1.82, 2.24) is 4.98 Å². The fraction of sp³-hybridized carbons (Fsp3) is 0.409. The second kappa shape index (κ2) is 9.88. The zero-order chi connectivity index (χ0) is 19.8. The first-order chi connectivity index (χ1) is 13.7. The number of amides is 1. The van der Waals surface area contributed by atoms with Crippen molar-refractivity contribution in [2.45, 2.75) is 51.5 Å². The largest absolute Gasteiger partial charge is 0.462 e. The van der Waals surface area contributed by atoms with Gasteiger partial charge in [0, 0.05) is 23.6 Å². The first-order valence-electron chi connectivity index (χ1n) is 9.97. The Hall–Kier alpha value is -2.89. The van der Waals surface area contributed by atoms with Gasteiger partial charge in [0.05, 0.1) is 12.2 Å². The number of benzene rings is 1. The van der Waals surface area contributed by atoms with Gasteiger partial charge in [0.25, 0.3) is 5.91 Å². The smallest absolute Gasteiger partial charge is 0.338 e. The highest BCUT2D eigenvalue weighted by Gasteiger charge is 2.14. The van der Waals surface area contributed by atoms with Crippen molar-refractivity contribution in [3.8, 4) is 0 Å². The van der Waals surface area contributed by atoms with Gasteiger partial charge in [-0.15, -0.1) is 0 Å². The summed E-state index contributed by atoms with van der Waals surface area (Å²) in [6.07, 6.45) is 9.08. The van der Waals surface area contributed by atoms with Gasteiger partial charge in [0.1, 0.15) is 5.69 Å². The second-order valence-electron chi connectivity index (χ2n) is 7.01. The SMILES string of the molecule is CCOC(=O)c1ccc(NC(=O)c2cc(NC3CCCCCC3)ccn2)cc1. The Morgan fingerprint density at radius 2 is 1.75 bits per heavy atom. The molecule has 0 atom stereocenters. The molecule has 1 saturated carbocycles. The Morgan fingerprint density at radius 1 is 1.04 bits per heavy atom. The van der Waals surface area contributed by atoms with E-state index in [0.717, 1.165) is 18.5 Å². The topological polar surface area (TPSA) is 80.3 Å². The molecule has 1 aromatic heterocycles. The third-order valence-corrected chi connectivity index (χ3v) is 4.87. The predicted octanol–water partition coefficient (Wildman–Crippen LogP) is 4.65. The molecule has 148 valence electrons. The molecule has 0 bridgehead atoms. The maximum atomic E-state index is 12.5. The molecule has 1 aromatic carbocycles. The summed E-state index contributed by atoms with van der Waals surface area (Å²) in [6.45, 7) is 2.09. The summed E-state index contributed by atoms with van der Waals surface area (Å²) < 4.78 is 4.96. The molecule has 0 radical (unpaired) electrons. The van der Waals surface area contributed by atoms with E-state index in [-0.39, 0.29) is 11.9 Å². The molecule has 1 aliphatic rings. The minimum absolute atomic E-state index is 0.284. The van der Waals surface area contributed by atoms with Crippen molar-refractivity contribution in [3.63, 3.8) is 0 Å². The summed E-state index contributed by atoms with van der Waals surface area (Å²) in [6, 6.07) is 10.8. The van der Waals surface area contributed by atoms with Crippen LogP contribution >= 0.6 is 0 Å². The Kier molecular flexibility index (Phi) is 7.00. The minimum atomic E-state index is -0.376. The number of ether oxygens (including phenoxy) is 1. The lowest BCUT2D eigenvalue weighted by molar-refractivity contribution is 0.0526. The fourth-order valence-electron chi connectivity index (χ4n) is 3.40. The van der Waals surface area contributed by atoms with Crippen LogP contribution in [0.3, 0.4) is 0 Å². The third-order valence-electron chi connectivity index (χ3n) is 4.87. The van der Waals surface area contributed by atoms with E-state index in [1.807, 2.05) is 6.07 Å². The van der Waals surface area contributed by atoms with E-state index >= 15 is 0 Å². The van der Waals surface area contributed by atoms with E-state index in [4.69, 9.17) is 4.74 Å². The van der Waals surface area contributed by atoms with Crippen molar-refractivity contribution >= 4 is 23.3 Å². The molecule has 1 heterocycles. The zero-order valence-electron chi connectivity index (χ0n) is 16.2. The van der Waals surface area contributed by atoms with E-state index < -0.39 is 0 Å². The van der Waals surface area contributed by atoms with Gasteiger partial charge in [0.15, 0.2) is 0 Å². The Morgan fingerprint density at radius 3 is 2.43 bits per heavy atom. The highest BCUT2D eigenvalue weighted by molar-refractivity contribution is 6.03. The summed E-state index contributed by atoms with van der Waals surface area (Å²) in [5, 5.41) is 6.36. The number of rotatable bonds is 6. The van der Waals surface area contributed by atoms with Crippen molar-refractivity contribution in [1.29, 1.82) is 0 Å². The maximum Gasteiger partial charge on any atom is 0.338 e. The van der Waals surface area contributed by atoms with Crippen LogP contribution in [0.1, 0.15) is 66.3 Å². The summed E-state index contributed by atoms with van der Waals surface area (Å²) in [4.78, 5) is 28.4. The standard InChI is InChI=1S/C22H27N3O3/c1-2-28-22(27)16-9-11-18(12-10-16)25-21(26)20-15-19(13-14-23-20)24-17-7-5-3-4-6-8-17/h9-15,17H,2-8H2,1H3,(H,23,24)(H,25,26). The van der Waals surface area contributed by atoms with Gasteiger partial charge in [-0.3, -0.25) is 9.78 Å². The van der Waals surface area contributed by atoms with Crippen LogP contribution in [0.5, 0.6) is 0 Å². The van der Waals surface area contributed by atoms with Gasteiger partial charge in [-0.2, -0.15) is 0 Å². The Labute approximate surface area is 165 Å². The lowest BCUT2D eigenvalue weighted by atomic mass is 10.1. The van der Waals surface area contributed by atoms with Crippen LogP contribution in [0.15, 0.2) is 42.6 Å². The van der Waals surface area contributed by atoms with Gasteiger partial charge in [-0.25, -0.2) is 4.79 Å². The summed E-state index contributed by atoms with van der Waals surface area (Å²) in [7, 11) is 0. The highest BCUT2D eigenvalue weighted by atomic mass is 16.5. The molecule has 1 amide bonds.